The van der Waals surface area contributed by atoms with Crippen LogP contribution in [0.3, 0.4) is 0 Å². The minimum atomic E-state index is -0.437. The number of rotatable bonds is 3. The highest BCUT2D eigenvalue weighted by atomic mass is 32.1. The molecule has 1 amide bonds. The van der Waals surface area contributed by atoms with Crippen molar-refractivity contribution in [2.75, 3.05) is 0 Å². The number of fused-ring (bicyclic) bond motifs is 1. The van der Waals surface area contributed by atoms with Crippen molar-refractivity contribution >= 4 is 34.2 Å². The Labute approximate surface area is 131 Å². The van der Waals surface area contributed by atoms with E-state index in [9.17, 15) is 9.90 Å². The van der Waals surface area contributed by atoms with Crippen LogP contribution in [-0.2, 0) is 0 Å². The van der Waals surface area contributed by atoms with Crippen molar-refractivity contribution < 1.29 is 9.90 Å². The van der Waals surface area contributed by atoms with Gasteiger partial charge in [-0.15, -0.1) is 11.3 Å². The molecular weight excluding hydrogens is 296 g/mol. The number of hydrogen-bond acceptors (Lipinski definition) is 4. The number of thiophene rings is 1. The third-order valence-electron chi connectivity index (χ3n) is 3.23. The van der Waals surface area contributed by atoms with Crippen LogP contribution in [0.2, 0.25) is 0 Å². The second-order valence-electron chi connectivity index (χ2n) is 4.86. The van der Waals surface area contributed by atoms with E-state index < -0.39 is 5.91 Å². The number of nitrogens with zero attached hydrogens (tertiary/aromatic N) is 1. The van der Waals surface area contributed by atoms with Crippen LogP contribution in [0.1, 0.15) is 20.1 Å². The number of hydrazone groups is 1. The molecule has 3 aromatic rings. The maximum Gasteiger partial charge on any atom is 0.275 e. The van der Waals surface area contributed by atoms with Crippen LogP contribution in [0, 0.1) is 6.92 Å². The first-order valence-electron chi connectivity index (χ1n) is 6.75. The summed E-state index contributed by atoms with van der Waals surface area (Å²) in [6, 6.07) is 14.7. The molecule has 0 radical (unpaired) electrons. The molecule has 4 nitrogen and oxygen atoms in total. The molecule has 5 heteroatoms. The molecule has 0 aliphatic rings. The molecule has 110 valence electrons. The second kappa shape index (κ2) is 5.99. The van der Waals surface area contributed by atoms with Crippen LogP contribution in [0.4, 0.5) is 0 Å². The molecule has 0 unspecified atom stereocenters. The van der Waals surface area contributed by atoms with E-state index in [0.717, 1.165) is 15.6 Å². The summed E-state index contributed by atoms with van der Waals surface area (Å²) < 4.78 is 0. The van der Waals surface area contributed by atoms with Crippen molar-refractivity contribution in [1.82, 2.24) is 5.43 Å². The van der Waals surface area contributed by atoms with E-state index in [1.807, 2.05) is 43.3 Å². The van der Waals surface area contributed by atoms with Gasteiger partial charge in [0.25, 0.3) is 5.91 Å². The van der Waals surface area contributed by atoms with E-state index in [2.05, 4.69) is 10.5 Å². The highest BCUT2D eigenvalue weighted by Crippen LogP contribution is 2.24. The maximum absolute atomic E-state index is 12.1. The SMILES string of the molecule is Cc1ccc(/C=N/NC(=O)c2cc3ccccc3cc2O)s1. The van der Waals surface area contributed by atoms with Gasteiger partial charge in [0, 0.05) is 9.75 Å². The van der Waals surface area contributed by atoms with E-state index in [1.54, 1.807) is 29.7 Å². The second-order valence-corrected chi connectivity index (χ2v) is 6.18. The number of aryl methyl sites for hydroxylation is 1. The molecule has 2 aromatic carbocycles. The number of nitrogens with one attached hydrogen (secondary N) is 1. The normalized spacial score (nSPS) is 11.1. The van der Waals surface area contributed by atoms with Crippen LogP contribution in [0.15, 0.2) is 53.6 Å². The zero-order valence-electron chi connectivity index (χ0n) is 11.9. The van der Waals surface area contributed by atoms with Gasteiger partial charge in [0.1, 0.15) is 5.75 Å². The van der Waals surface area contributed by atoms with Gasteiger partial charge in [0.05, 0.1) is 11.8 Å². The van der Waals surface area contributed by atoms with Crippen molar-refractivity contribution in [1.29, 1.82) is 0 Å². The molecule has 0 bridgehead atoms. The Hall–Kier alpha value is -2.66. The lowest BCUT2D eigenvalue weighted by atomic mass is 10.1. The van der Waals surface area contributed by atoms with Crippen LogP contribution in [0.25, 0.3) is 10.8 Å². The first-order valence-corrected chi connectivity index (χ1v) is 7.57. The topological polar surface area (TPSA) is 61.7 Å². The Balaban J connectivity index is 1.80. The summed E-state index contributed by atoms with van der Waals surface area (Å²) in [5, 5.41) is 15.7. The Bertz CT molecular complexity index is 868. The summed E-state index contributed by atoms with van der Waals surface area (Å²) in [7, 11) is 0. The van der Waals surface area contributed by atoms with Gasteiger partial charge in [0.2, 0.25) is 0 Å². The lowest BCUT2D eigenvalue weighted by molar-refractivity contribution is 0.0952. The summed E-state index contributed by atoms with van der Waals surface area (Å²) in [6.45, 7) is 2.01. The van der Waals surface area contributed by atoms with Gasteiger partial charge in [-0.25, -0.2) is 5.43 Å². The van der Waals surface area contributed by atoms with Crippen molar-refractivity contribution in [3.8, 4) is 5.75 Å². The molecule has 22 heavy (non-hydrogen) atoms. The van der Waals surface area contributed by atoms with E-state index in [4.69, 9.17) is 0 Å². The van der Waals surface area contributed by atoms with Gasteiger partial charge in [-0.3, -0.25) is 4.79 Å². The predicted octanol–water partition coefficient (Wildman–Crippen LogP) is 3.68. The molecule has 0 aliphatic heterocycles. The third kappa shape index (κ3) is 2.99. The van der Waals surface area contributed by atoms with Crippen molar-refractivity contribution in [3.05, 3.63) is 63.8 Å². The van der Waals surface area contributed by atoms with Crippen LogP contribution >= 0.6 is 11.3 Å². The Morgan fingerprint density at radius 1 is 1.18 bits per heavy atom. The molecule has 0 spiro atoms. The first-order chi connectivity index (χ1) is 10.6. The molecule has 3 rings (SSSR count). The Morgan fingerprint density at radius 2 is 1.91 bits per heavy atom. The van der Waals surface area contributed by atoms with Crippen molar-refractivity contribution in [2.24, 2.45) is 5.10 Å². The predicted molar refractivity (Wildman–Crippen MR) is 89.7 cm³/mol. The monoisotopic (exact) mass is 310 g/mol. The summed E-state index contributed by atoms with van der Waals surface area (Å²) in [5.74, 6) is -0.494. The molecule has 0 saturated heterocycles. The lowest BCUT2D eigenvalue weighted by Gasteiger charge is -2.05. The first kappa shape index (κ1) is 14.3. The fraction of sp³-hybridized carbons (Fsp3) is 0.0588. The number of aromatic hydroxyl groups is 1. The van der Waals surface area contributed by atoms with Crippen LogP contribution < -0.4 is 5.43 Å². The van der Waals surface area contributed by atoms with Gasteiger partial charge in [-0.2, -0.15) is 5.10 Å². The quantitative estimate of drug-likeness (QED) is 0.572. The number of carbonyl (C=O) groups excluding carboxylic acids is 1. The summed E-state index contributed by atoms with van der Waals surface area (Å²) in [4.78, 5) is 14.3. The molecule has 0 aliphatic carbocycles. The number of amides is 1. The summed E-state index contributed by atoms with van der Waals surface area (Å²) in [6.07, 6.45) is 1.59. The fourth-order valence-corrected chi connectivity index (χ4v) is 2.90. The molecular formula is C17H14N2O2S. The summed E-state index contributed by atoms with van der Waals surface area (Å²) >= 11 is 1.59. The average molecular weight is 310 g/mol. The van der Waals surface area contributed by atoms with E-state index in [0.29, 0.717) is 0 Å². The van der Waals surface area contributed by atoms with Gasteiger partial charge in [0.15, 0.2) is 0 Å². The van der Waals surface area contributed by atoms with E-state index >= 15 is 0 Å². The number of benzene rings is 2. The molecule has 1 heterocycles. The number of phenols is 1. The minimum Gasteiger partial charge on any atom is -0.507 e. The molecule has 2 N–H and O–H groups in total. The van der Waals surface area contributed by atoms with Gasteiger partial charge in [-0.1, -0.05) is 24.3 Å². The number of phenolic OH excluding ortho intramolecular Hbond substituents is 1. The van der Waals surface area contributed by atoms with Crippen LogP contribution in [0.5, 0.6) is 5.75 Å². The molecule has 0 atom stereocenters. The van der Waals surface area contributed by atoms with Gasteiger partial charge < -0.3 is 5.11 Å². The number of carbonyl (C=O) groups is 1. The van der Waals surface area contributed by atoms with Gasteiger partial charge >= 0.3 is 0 Å². The molecule has 0 fully saturated rings. The highest BCUT2D eigenvalue weighted by molar-refractivity contribution is 7.13. The zero-order valence-corrected chi connectivity index (χ0v) is 12.7. The highest BCUT2D eigenvalue weighted by Gasteiger charge is 2.11. The smallest absolute Gasteiger partial charge is 0.275 e. The van der Waals surface area contributed by atoms with Crippen molar-refractivity contribution in [3.63, 3.8) is 0 Å². The maximum atomic E-state index is 12.1. The van der Waals surface area contributed by atoms with Crippen LogP contribution in [-0.4, -0.2) is 17.2 Å². The zero-order chi connectivity index (χ0) is 15.5. The molecule has 0 saturated carbocycles. The number of hydrogen-bond donors (Lipinski definition) is 2. The van der Waals surface area contributed by atoms with E-state index in [1.165, 1.54) is 4.88 Å². The standard InChI is InChI=1S/C17H14N2O2S/c1-11-6-7-14(22-11)10-18-19-17(21)15-8-12-4-2-3-5-13(12)9-16(15)20/h2-10,20H,1H3,(H,19,21)/b18-10+. The third-order valence-corrected chi connectivity index (χ3v) is 4.16. The average Bonchev–Trinajstić information content (AvgIpc) is 2.92. The minimum absolute atomic E-state index is 0.0571. The van der Waals surface area contributed by atoms with Gasteiger partial charge in [-0.05, 0) is 42.0 Å². The Morgan fingerprint density at radius 3 is 2.59 bits per heavy atom. The van der Waals surface area contributed by atoms with E-state index in [-0.39, 0.29) is 11.3 Å². The fourth-order valence-electron chi connectivity index (χ4n) is 2.15. The molecule has 1 aromatic heterocycles. The Kier molecular flexibility index (Phi) is 3.89. The summed E-state index contributed by atoms with van der Waals surface area (Å²) in [5.41, 5.74) is 2.65. The van der Waals surface area contributed by atoms with Crippen molar-refractivity contribution in [2.45, 2.75) is 6.92 Å². The largest absolute Gasteiger partial charge is 0.507 e. The lowest BCUT2D eigenvalue weighted by Crippen LogP contribution is -2.17.